The predicted molar refractivity (Wildman–Crippen MR) is 52.7 cm³/mol. The zero-order valence-corrected chi connectivity index (χ0v) is 9.37. The van der Waals surface area contributed by atoms with Crippen molar-refractivity contribution in [1.29, 1.82) is 0 Å². The largest absolute Gasteiger partial charge is 0.379 e. The minimum Gasteiger partial charge on any atom is -0.379 e. The van der Waals surface area contributed by atoms with Crippen molar-refractivity contribution in [3.63, 3.8) is 0 Å². The normalized spacial score (nSPS) is 33.5. The minimum atomic E-state index is -0.0311. The van der Waals surface area contributed by atoms with Crippen LogP contribution in [0.25, 0.3) is 0 Å². The van der Waals surface area contributed by atoms with Gasteiger partial charge >= 0.3 is 0 Å². The van der Waals surface area contributed by atoms with Crippen molar-refractivity contribution in [3.05, 3.63) is 0 Å². The summed E-state index contributed by atoms with van der Waals surface area (Å²) in [5.41, 5.74) is 0. The fraction of sp³-hybridized carbons (Fsp3) is 1.00. The van der Waals surface area contributed by atoms with E-state index in [1.54, 1.807) is 14.2 Å². The number of ether oxygens (including phenoxy) is 3. The summed E-state index contributed by atoms with van der Waals surface area (Å²) in [7, 11) is 3.39. The molecule has 1 heterocycles. The molecule has 13 heavy (non-hydrogen) atoms. The van der Waals surface area contributed by atoms with Gasteiger partial charge in [0.05, 0.1) is 12.2 Å². The molecule has 1 rings (SSSR count). The molecule has 0 aliphatic carbocycles. The van der Waals surface area contributed by atoms with E-state index in [2.05, 4.69) is 0 Å². The number of methoxy groups -OCH3 is 2. The highest BCUT2D eigenvalue weighted by Gasteiger charge is 2.27. The highest BCUT2D eigenvalue weighted by molar-refractivity contribution is 4.72. The molecule has 1 aliphatic heterocycles. The van der Waals surface area contributed by atoms with E-state index in [0.717, 1.165) is 12.8 Å². The van der Waals surface area contributed by atoms with Gasteiger partial charge in [0.1, 0.15) is 0 Å². The van der Waals surface area contributed by atoms with Gasteiger partial charge in [-0.25, -0.2) is 0 Å². The molecule has 80 valence electrons. The Morgan fingerprint density at radius 2 is 1.69 bits per heavy atom. The van der Waals surface area contributed by atoms with Crippen molar-refractivity contribution >= 4 is 0 Å². The third-order valence-electron chi connectivity index (χ3n) is 2.14. The summed E-state index contributed by atoms with van der Waals surface area (Å²) in [6.07, 6.45) is 2.31. The molecule has 0 radical (unpaired) electrons. The molecule has 3 heteroatoms. The second-order valence-electron chi connectivity index (χ2n) is 2.86. The maximum atomic E-state index is 5.49. The van der Waals surface area contributed by atoms with Crippen LogP contribution in [0.3, 0.4) is 0 Å². The lowest BCUT2D eigenvalue weighted by Gasteiger charge is -2.32. The van der Waals surface area contributed by atoms with Crippen molar-refractivity contribution in [2.75, 3.05) is 14.2 Å². The molecule has 0 aromatic heterocycles. The Morgan fingerprint density at radius 1 is 1.08 bits per heavy atom. The van der Waals surface area contributed by atoms with E-state index in [9.17, 15) is 0 Å². The average Bonchev–Trinajstić information content (AvgIpc) is 2.20. The van der Waals surface area contributed by atoms with E-state index in [0.29, 0.717) is 0 Å². The average molecular weight is 190 g/mol. The lowest BCUT2D eigenvalue weighted by atomic mass is 10.1. The second-order valence-corrected chi connectivity index (χ2v) is 2.86. The Hall–Kier alpha value is -0.120. The Balaban J connectivity index is 0.000000671. The van der Waals surface area contributed by atoms with Crippen LogP contribution in [0, 0.1) is 0 Å². The first-order valence-corrected chi connectivity index (χ1v) is 4.99. The smallest absolute Gasteiger partial charge is 0.157 e. The fourth-order valence-electron chi connectivity index (χ4n) is 1.41. The monoisotopic (exact) mass is 190 g/mol. The molecule has 1 fully saturated rings. The summed E-state index contributed by atoms with van der Waals surface area (Å²) in [6.45, 7) is 6.01. The molecule has 1 saturated heterocycles. The molecule has 0 N–H and O–H groups in total. The lowest BCUT2D eigenvalue weighted by molar-refractivity contribution is -0.210. The van der Waals surface area contributed by atoms with E-state index in [-0.39, 0.29) is 18.5 Å². The van der Waals surface area contributed by atoms with Gasteiger partial charge in [-0.3, -0.25) is 0 Å². The highest BCUT2D eigenvalue weighted by Crippen LogP contribution is 2.21. The molecule has 0 aromatic rings. The third-order valence-corrected chi connectivity index (χ3v) is 2.14. The molecule has 0 saturated carbocycles. The fourth-order valence-corrected chi connectivity index (χ4v) is 1.41. The molecule has 0 bridgehead atoms. The number of hydrogen-bond acceptors (Lipinski definition) is 3. The van der Waals surface area contributed by atoms with Gasteiger partial charge in [0.15, 0.2) is 6.29 Å². The summed E-state index contributed by atoms with van der Waals surface area (Å²) < 4.78 is 15.8. The van der Waals surface area contributed by atoms with Crippen molar-refractivity contribution < 1.29 is 14.2 Å². The summed E-state index contributed by atoms with van der Waals surface area (Å²) >= 11 is 0. The topological polar surface area (TPSA) is 27.7 Å². The Kier molecular flexibility index (Phi) is 7.23. The standard InChI is InChI=1S/C8H16O3.C2H6/c1-6-7(9-2)4-5-8(10-3)11-6;1-2/h6-8H,4-5H2,1-3H3;1-2H3. The van der Waals surface area contributed by atoms with Crippen LogP contribution in [0.4, 0.5) is 0 Å². The second kappa shape index (κ2) is 7.30. The first-order valence-electron chi connectivity index (χ1n) is 4.99. The molecule has 0 aromatic carbocycles. The van der Waals surface area contributed by atoms with Gasteiger partial charge in [-0.1, -0.05) is 13.8 Å². The molecule has 0 amide bonds. The van der Waals surface area contributed by atoms with E-state index in [1.807, 2.05) is 20.8 Å². The van der Waals surface area contributed by atoms with E-state index in [1.165, 1.54) is 0 Å². The van der Waals surface area contributed by atoms with Crippen LogP contribution < -0.4 is 0 Å². The quantitative estimate of drug-likeness (QED) is 0.668. The van der Waals surface area contributed by atoms with Gasteiger partial charge in [-0.2, -0.15) is 0 Å². The third kappa shape index (κ3) is 4.07. The first kappa shape index (κ1) is 12.9. The highest BCUT2D eigenvalue weighted by atomic mass is 16.7. The molecule has 1 aliphatic rings. The van der Waals surface area contributed by atoms with E-state index >= 15 is 0 Å². The van der Waals surface area contributed by atoms with Crippen molar-refractivity contribution in [1.82, 2.24) is 0 Å². The zero-order valence-electron chi connectivity index (χ0n) is 9.37. The predicted octanol–water partition coefficient (Wildman–Crippen LogP) is 2.20. The van der Waals surface area contributed by atoms with Gasteiger partial charge in [0.2, 0.25) is 0 Å². The maximum absolute atomic E-state index is 5.49. The van der Waals surface area contributed by atoms with Crippen LogP contribution in [0.1, 0.15) is 33.6 Å². The van der Waals surface area contributed by atoms with Crippen LogP contribution >= 0.6 is 0 Å². The van der Waals surface area contributed by atoms with Gasteiger partial charge in [0.25, 0.3) is 0 Å². The summed E-state index contributed by atoms with van der Waals surface area (Å²) in [4.78, 5) is 0. The van der Waals surface area contributed by atoms with Crippen LogP contribution in [-0.4, -0.2) is 32.7 Å². The molecule has 3 atom stereocenters. The van der Waals surface area contributed by atoms with Crippen LogP contribution in [0.5, 0.6) is 0 Å². The van der Waals surface area contributed by atoms with Crippen LogP contribution in [0.2, 0.25) is 0 Å². The molecular formula is C10H22O3. The van der Waals surface area contributed by atoms with Crippen LogP contribution in [-0.2, 0) is 14.2 Å². The van der Waals surface area contributed by atoms with Crippen molar-refractivity contribution in [3.8, 4) is 0 Å². The molecule has 0 spiro atoms. The SMILES string of the molecule is CC.COC1CCC(OC)C(C)O1. The van der Waals surface area contributed by atoms with Gasteiger partial charge in [-0.05, 0) is 13.3 Å². The Bertz CT molecular complexity index is 117. The zero-order chi connectivity index (χ0) is 10.3. The molecular weight excluding hydrogens is 168 g/mol. The van der Waals surface area contributed by atoms with E-state index < -0.39 is 0 Å². The Morgan fingerprint density at radius 3 is 2.08 bits per heavy atom. The Labute approximate surface area is 81.4 Å². The van der Waals surface area contributed by atoms with Gasteiger partial charge in [0, 0.05) is 20.6 Å². The molecule has 3 unspecified atom stereocenters. The lowest BCUT2D eigenvalue weighted by Crippen LogP contribution is -2.38. The minimum absolute atomic E-state index is 0.0311. The first-order chi connectivity index (χ1) is 6.27. The number of hydrogen-bond donors (Lipinski definition) is 0. The summed E-state index contributed by atoms with van der Waals surface area (Å²) in [6, 6.07) is 0. The molecule has 3 nitrogen and oxygen atoms in total. The van der Waals surface area contributed by atoms with E-state index in [4.69, 9.17) is 14.2 Å². The summed E-state index contributed by atoms with van der Waals surface area (Å²) in [5.74, 6) is 0. The van der Waals surface area contributed by atoms with Crippen LogP contribution in [0.15, 0.2) is 0 Å². The van der Waals surface area contributed by atoms with Gasteiger partial charge < -0.3 is 14.2 Å². The van der Waals surface area contributed by atoms with Gasteiger partial charge in [-0.15, -0.1) is 0 Å². The summed E-state index contributed by atoms with van der Waals surface area (Å²) in [5, 5.41) is 0. The maximum Gasteiger partial charge on any atom is 0.157 e. The van der Waals surface area contributed by atoms with Crippen molar-refractivity contribution in [2.45, 2.75) is 52.1 Å². The number of rotatable bonds is 2. The van der Waals surface area contributed by atoms with Crippen molar-refractivity contribution in [2.24, 2.45) is 0 Å².